The molecule has 2 atom stereocenters. The molecule has 4 nitrogen and oxygen atoms in total. The molecule has 0 aliphatic rings. The zero-order valence-electron chi connectivity index (χ0n) is 8.80. The van der Waals surface area contributed by atoms with Crippen molar-refractivity contribution in [2.45, 2.75) is 45.1 Å². The lowest BCUT2D eigenvalue weighted by Gasteiger charge is -2.26. The summed E-state index contributed by atoms with van der Waals surface area (Å²) in [7, 11) is 1.50. The van der Waals surface area contributed by atoms with E-state index in [9.17, 15) is 10.1 Å². The first-order chi connectivity index (χ1) is 6.04. The SMILES string of the molecule is CCCCCC(C)(C[NH+](C)[O-])N=O. The molecule has 0 heterocycles. The number of likely N-dealkylation sites (N-methyl/N-ethyl adjacent to an activating group) is 1. The Hall–Kier alpha value is -0.480. The summed E-state index contributed by atoms with van der Waals surface area (Å²) < 4.78 is 0. The van der Waals surface area contributed by atoms with E-state index in [1.54, 1.807) is 6.92 Å². The van der Waals surface area contributed by atoms with E-state index in [1.807, 2.05) is 0 Å². The molecule has 0 amide bonds. The second-order valence-electron chi connectivity index (χ2n) is 3.92. The van der Waals surface area contributed by atoms with Gasteiger partial charge in [-0.1, -0.05) is 31.4 Å². The van der Waals surface area contributed by atoms with Gasteiger partial charge in [-0.15, -0.1) is 4.91 Å². The van der Waals surface area contributed by atoms with Crippen molar-refractivity contribution in [1.29, 1.82) is 0 Å². The van der Waals surface area contributed by atoms with Crippen LogP contribution >= 0.6 is 0 Å². The first-order valence-corrected chi connectivity index (χ1v) is 4.88. The van der Waals surface area contributed by atoms with Gasteiger partial charge in [-0.25, -0.2) is 0 Å². The van der Waals surface area contributed by atoms with Crippen LogP contribution in [0.4, 0.5) is 0 Å². The van der Waals surface area contributed by atoms with E-state index in [0.29, 0.717) is 0 Å². The second-order valence-corrected chi connectivity index (χ2v) is 3.92. The van der Waals surface area contributed by atoms with Crippen LogP contribution in [-0.2, 0) is 0 Å². The molecule has 0 aromatic carbocycles. The molecule has 0 saturated carbocycles. The van der Waals surface area contributed by atoms with Crippen LogP contribution in [-0.4, -0.2) is 19.1 Å². The molecule has 13 heavy (non-hydrogen) atoms. The maximum atomic E-state index is 10.9. The van der Waals surface area contributed by atoms with Gasteiger partial charge in [0.1, 0.15) is 12.1 Å². The molecule has 0 aromatic heterocycles. The molecular weight excluding hydrogens is 168 g/mol. The monoisotopic (exact) mass is 188 g/mol. The third kappa shape index (κ3) is 5.71. The number of nitroso groups, excluding NO2 is 1. The quantitative estimate of drug-likeness (QED) is 0.369. The number of hydrogen-bond acceptors (Lipinski definition) is 3. The molecule has 0 aliphatic heterocycles. The van der Waals surface area contributed by atoms with E-state index in [4.69, 9.17) is 0 Å². The number of quaternary nitrogens is 1. The van der Waals surface area contributed by atoms with E-state index in [2.05, 4.69) is 12.1 Å². The normalized spacial score (nSPS) is 17.8. The summed E-state index contributed by atoms with van der Waals surface area (Å²) >= 11 is 0. The lowest BCUT2D eigenvalue weighted by molar-refractivity contribution is -0.829. The van der Waals surface area contributed by atoms with Crippen molar-refractivity contribution in [3.05, 3.63) is 10.1 Å². The summed E-state index contributed by atoms with van der Waals surface area (Å²) in [5.41, 5.74) is -0.666. The molecule has 4 heteroatoms. The molecular formula is C9H20N2O2. The van der Waals surface area contributed by atoms with Crippen LogP contribution in [0, 0.1) is 10.1 Å². The van der Waals surface area contributed by atoms with E-state index in [0.717, 1.165) is 25.7 Å². The van der Waals surface area contributed by atoms with Gasteiger partial charge < -0.3 is 10.3 Å². The van der Waals surface area contributed by atoms with Gasteiger partial charge in [-0.05, 0) is 13.3 Å². The molecule has 0 spiro atoms. The molecule has 0 saturated heterocycles. The van der Waals surface area contributed by atoms with Crippen LogP contribution in [0.1, 0.15) is 39.5 Å². The first-order valence-electron chi connectivity index (χ1n) is 4.88. The lowest BCUT2D eigenvalue weighted by Crippen LogP contribution is -3.06. The highest BCUT2D eigenvalue weighted by atomic mass is 16.5. The van der Waals surface area contributed by atoms with Crippen LogP contribution < -0.4 is 5.06 Å². The number of nitrogens with one attached hydrogen (secondary N) is 1. The van der Waals surface area contributed by atoms with Crippen molar-refractivity contribution in [2.75, 3.05) is 13.6 Å². The molecule has 0 rings (SSSR count). The van der Waals surface area contributed by atoms with Gasteiger partial charge >= 0.3 is 0 Å². The highest BCUT2D eigenvalue weighted by Crippen LogP contribution is 2.17. The predicted molar refractivity (Wildman–Crippen MR) is 53.5 cm³/mol. The summed E-state index contributed by atoms with van der Waals surface area (Å²) in [5, 5.41) is 14.0. The Kier molecular flexibility index (Phi) is 5.82. The Morgan fingerprint density at radius 2 is 2.08 bits per heavy atom. The fourth-order valence-electron chi connectivity index (χ4n) is 1.46. The van der Waals surface area contributed by atoms with Crippen LogP contribution in [0.15, 0.2) is 5.18 Å². The molecule has 0 radical (unpaired) electrons. The average molecular weight is 188 g/mol. The maximum absolute atomic E-state index is 10.9. The van der Waals surface area contributed by atoms with E-state index in [1.165, 1.54) is 7.05 Å². The fourth-order valence-corrected chi connectivity index (χ4v) is 1.46. The molecule has 0 aliphatic carbocycles. The minimum absolute atomic E-state index is 0.0404. The standard InChI is InChI=1S/C9H20N2O2/c1-4-5-6-7-9(2,10-12)8-11(3)13/h11H,4-8H2,1-3H3. The van der Waals surface area contributed by atoms with Gasteiger partial charge in [0.25, 0.3) is 0 Å². The smallest absolute Gasteiger partial charge is 0.148 e. The Balaban J connectivity index is 3.88. The second kappa shape index (κ2) is 6.05. The summed E-state index contributed by atoms with van der Waals surface area (Å²) in [4.78, 5) is 10.6. The molecule has 78 valence electrons. The van der Waals surface area contributed by atoms with Crippen molar-refractivity contribution in [3.63, 3.8) is 0 Å². The van der Waals surface area contributed by atoms with Gasteiger partial charge in [0.2, 0.25) is 0 Å². The van der Waals surface area contributed by atoms with E-state index >= 15 is 0 Å². The Labute approximate surface area is 79.9 Å². The highest BCUT2D eigenvalue weighted by molar-refractivity contribution is 4.81. The van der Waals surface area contributed by atoms with Crippen LogP contribution in [0.25, 0.3) is 0 Å². The van der Waals surface area contributed by atoms with Gasteiger partial charge in [0.05, 0.1) is 7.05 Å². The van der Waals surface area contributed by atoms with Gasteiger partial charge in [-0.3, -0.25) is 0 Å². The molecule has 2 unspecified atom stereocenters. The van der Waals surface area contributed by atoms with Crippen molar-refractivity contribution >= 4 is 0 Å². The van der Waals surface area contributed by atoms with Crippen molar-refractivity contribution in [1.82, 2.24) is 0 Å². The lowest BCUT2D eigenvalue weighted by atomic mass is 9.95. The Morgan fingerprint density at radius 3 is 2.46 bits per heavy atom. The average Bonchev–Trinajstić information content (AvgIpc) is 2.04. The summed E-state index contributed by atoms with van der Waals surface area (Å²) in [6.07, 6.45) is 3.92. The van der Waals surface area contributed by atoms with E-state index < -0.39 is 5.54 Å². The van der Waals surface area contributed by atoms with Crippen molar-refractivity contribution < 1.29 is 5.06 Å². The number of nitrogens with zero attached hydrogens (tertiary/aromatic N) is 1. The van der Waals surface area contributed by atoms with Crippen LogP contribution in [0.2, 0.25) is 0 Å². The number of rotatable bonds is 7. The Bertz CT molecular complexity index is 151. The highest BCUT2D eigenvalue weighted by Gasteiger charge is 2.27. The van der Waals surface area contributed by atoms with Crippen molar-refractivity contribution in [2.24, 2.45) is 5.18 Å². The summed E-state index contributed by atoms with van der Waals surface area (Å²) in [6, 6.07) is 0. The third-order valence-corrected chi connectivity index (χ3v) is 2.17. The number of unbranched alkanes of at least 4 members (excludes halogenated alkanes) is 2. The van der Waals surface area contributed by atoms with Crippen LogP contribution in [0.5, 0.6) is 0 Å². The van der Waals surface area contributed by atoms with Gasteiger partial charge in [0.15, 0.2) is 0 Å². The first kappa shape index (κ1) is 12.5. The topological polar surface area (TPSA) is 56.9 Å². The molecule has 1 N–H and O–H groups in total. The van der Waals surface area contributed by atoms with Gasteiger partial charge in [-0.2, -0.15) is 0 Å². The summed E-state index contributed by atoms with van der Waals surface area (Å²) in [6.45, 7) is 4.15. The zero-order chi connectivity index (χ0) is 10.3. The predicted octanol–water partition coefficient (Wildman–Crippen LogP) is 1.10. The third-order valence-electron chi connectivity index (χ3n) is 2.17. The maximum Gasteiger partial charge on any atom is 0.148 e. The molecule has 0 aromatic rings. The fraction of sp³-hybridized carbons (Fsp3) is 1.00. The van der Waals surface area contributed by atoms with Crippen molar-refractivity contribution in [3.8, 4) is 0 Å². The van der Waals surface area contributed by atoms with Gasteiger partial charge in [0, 0.05) is 0 Å². The van der Waals surface area contributed by atoms with E-state index in [-0.39, 0.29) is 11.6 Å². The van der Waals surface area contributed by atoms with Crippen LogP contribution in [0.3, 0.4) is 0 Å². The number of hydrogen-bond donors (Lipinski definition) is 1. The molecule has 0 bridgehead atoms. The minimum Gasteiger partial charge on any atom is -0.634 e. The Morgan fingerprint density at radius 1 is 1.46 bits per heavy atom. The minimum atomic E-state index is -0.666. The zero-order valence-corrected chi connectivity index (χ0v) is 8.80. The summed E-state index contributed by atoms with van der Waals surface area (Å²) in [5.74, 6) is 0. The number of hydroxylamine groups is 2. The largest absolute Gasteiger partial charge is 0.634 e. The molecule has 0 fully saturated rings.